The van der Waals surface area contributed by atoms with Gasteiger partial charge in [0.05, 0.1) is 12.0 Å². The molecule has 4 rings (SSSR count). The zero-order valence-corrected chi connectivity index (χ0v) is 17.2. The minimum absolute atomic E-state index is 0.109. The molecule has 31 heavy (non-hydrogen) atoms. The molecule has 6 nitrogen and oxygen atoms in total. The topological polar surface area (TPSA) is 60.1 Å². The highest BCUT2D eigenvalue weighted by molar-refractivity contribution is 5.60. The highest BCUT2D eigenvalue weighted by atomic mass is 16.6. The van der Waals surface area contributed by atoms with Crippen LogP contribution in [0.2, 0.25) is 0 Å². The van der Waals surface area contributed by atoms with Gasteiger partial charge in [-0.05, 0) is 47.5 Å². The van der Waals surface area contributed by atoms with E-state index in [0.29, 0.717) is 6.54 Å². The van der Waals surface area contributed by atoms with E-state index in [4.69, 9.17) is 4.74 Å². The van der Waals surface area contributed by atoms with Crippen LogP contribution in [0.3, 0.4) is 0 Å². The Labute approximate surface area is 180 Å². The van der Waals surface area contributed by atoms with Gasteiger partial charge in [0, 0.05) is 47.5 Å². The molecular formula is C25H23N3O3+2. The molecule has 0 saturated heterocycles. The molecule has 0 aliphatic rings. The number of ether oxygens (including phenoxy) is 1. The Hall–Kier alpha value is -4.06. The van der Waals surface area contributed by atoms with Gasteiger partial charge in [-0.15, -0.1) is 0 Å². The summed E-state index contributed by atoms with van der Waals surface area (Å²) in [6.45, 7) is 1.46. The molecule has 2 aromatic heterocycles. The number of nitro benzene ring substituents is 1. The summed E-state index contributed by atoms with van der Waals surface area (Å²) in [6, 6.07) is 23.1. The molecule has 2 heterocycles. The van der Waals surface area contributed by atoms with E-state index in [1.54, 1.807) is 19.2 Å². The Bertz CT molecular complexity index is 1150. The van der Waals surface area contributed by atoms with E-state index in [-0.39, 0.29) is 10.6 Å². The van der Waals surface area contributed by atoms with Gasteiger partial charge < -0.3 is 4.74 Å². The summed E-state index contributed by atoms with van der Waals surface area (Å²) >= 11 is 0. The highest BCUT2D eigenvalue weighted by Crippen LogP contribution is 2.17. The minimum Gasteiger partial charge on any atom is -0.497 e. The monoisotopic (exact) mass is 413 g/mol. The fourth-order valence-electron chi connectivity index (χ4n) is 3.39. The van der Waals surface area contributed by atoms with Crippen LogP contribution in [-0.4, -0.2) is 12.0 Å². The van der Waals surface area contributed by atoms with Crippen molar-refractivity contribution in [3.8, 4) is 16.9 Å². The number of non-ortho nitro benzene ring substituents is 1. The Morgan fingerprint density at radius 1 is 0.710 bits per heavy atom. The van der Waals surface area contributed by atoms with E-state index in [9.17, 15) is 10.1 Å². The van der Waals surface area contributed by atoms with Crippen molar-refractivity contribution in [2.45, 2.75) is 13.1 Å². The van der Waals surface area contributed by atoms with Gasteiger partial charge in [0.1, 0.15) is 5.75 Å². The van der Waals surface area contributed by atoms with Crippen molar-refractivity contribution in [3.05, 3.63) is 119 Å². The molecule has 0 atom stereocenters. The van der Waals surface area contributed by atoms with E-state index < -0.39 is 0 Å². The van der Waals surface area contributed by atoms with Crippen molar-refractivity contribution >= 4 is 5.69 Å². The van der Waals surface area contributed by atoms with Crippen LogP contribution in [0.5, 0.6) is 5.75 Å². The number of nitrogens with zero attached hydrogens (tertiary/aromatic N) is 3. The average Bonchev–Trinajstić information content (AvgIpc) is 2.81. The van der Waals surface area contributed by atoms with Crippen LogP contribution in [0, 0.1) is 10.1 Å². The Kier molecular flexibility index (Phi) is 5.98. The number of nitro groups is 1. The highest BCUT2D eigenvalue weighted by Gasteiger charge is 2.09. The number of pyridine rings is 2. The first-order valence-electron chi connectivity index (χ1n) is 9.95. The third-order valence-corrected chi connectivity index (χ3v) is 5.15. The van der Waals surface area contributed by atoms with Crippen LogP contribution in [0.1, 0.15) is 11.1 Å². The zero-order chi connectivity index (χ0) is 21.6. The van der Waals surface area contributed by atoms with Crippen molar-refractivity contribution in [1.82, 2.24) is 0 Å². The van der Waals surface area contributed by atoms with Gasteiger partial charge in [0.15, 0.2) is 37.9 Å². The lowest BCUT2D eigenvalue weighted by atomic mass is 10.1. The van der Waals surface area contributed by atoms with E-state index >= 15 is 0 Å². The maximum atomic E-state index is 10.8. The molecule has 0 aliphatic heterocycles. The minimum atomic E-state index is -0.383. The normalized spacial score (nSPS) is 10.6. The lowest BCUT2D eigenvalue weighted by Gasteiger charge is -2.03. The molecule has 0 N–H and O–H groups in total. The fraction of sp³-hybridized carbons (Fsp3) is 0.120. The van der Waals surface area contributed by atoms with Gasteiger partial charge in [0.2, 0.25) is 0 Å². The predicted molar refractivity (Wildman–Crippen MR) is 117 cm³/mol. The third kappa shape index (κ3) is 5.11. The van der Waals surface area contributed by atoms with Crippen LogP contribution in [0.25, 0.3) is 11.1 Å². The summed E-state index contributed by atoms with van der Waals surface area (Å²) in [4.78, 5) is 10.4. The van der Waals surface area contributed by atoms with E-state index in [2.05, 4.69) is 57.9 Å². The third-order valence-electron chi connectivity index (χ3n) is 5.15. The molecule has 6 heteroatoms. The van der Waals surface area contributed by atoms with E-state index in [1.807, 2.05) is 24.5 Å². The second-order valence-corrected chi connectivity index (χ2v) is 7.29. The molecule has 154 valence electrons. The summed E-state index contributed by atoms with van der Waals surface area (Å²) in [6.07, 6.45) is 8.21. The summed E-state index contributed by atoms with van der Waals surface area (Å²) in [5.41, 5.74) is 4.62. The second-order valence-electron chi connectivity index (χ2n) is 7.29. The Balaban J connectivity index is 1.40. The number of hydrogen-bond acceptors (Lipinski definition) is 3. The van der Waals surface area contributed by atoms with Crippen molar-refractivity contribution < 1.29 is 18.8 Å². The number of methoxy groups -OCH3 is 1. The standard InChI is InChI=1S/C25H23N3O3/c1-31-25-8-4-21(5-9-25)19-27-16-12-23(13-17-27)22-10-14-26(15-11-22)18-20-2-6-24(7-3-20)28(29)30/h2-17H,18-19H2,1H3/q+2. The molecular weight excluding hydrogens is 390 g/mol. The molecule has 2 aromatic carbocycles. The zero-order valence-electron chi connectivity index (χ0n) is 17.2. The number of aromatic nitrogens is 2. The van der Waals surface area contributed by atoms with Crippen molar-refractivity contribution in [1.29, 1.82) is 0 Å². The Morgan fingerprint density at radius 3 is 1.52 bits per heavy atom. The summed E-state index contributed by atoms with van der Waals surface area (Å²) < 4.78 is 9.40. The van der Waals surface area contributed by atoms with E-state index in [0.717, 1.165) is 29.0 Å². The van der Waals surface area contributed by atoms with Crippen LogP contribution in [0.4, 0.5) is 5.69 Å². The maximum Gasteiger partial charge on any atom is 0.269 e. The van der Waals surface area contributed by atoms with Crippen molar-refractivity contribution in [3.63, 3.8) is 0 Å². The number of hydrogen-bond donors (Lipinski definition) is 0. The largest absolute Gasteiger partial charge is 0.497 e. The SMILES string of the molecule is COc1ccc(C[n+]2ccc(-c3cc[n+](Cc4ccc([N+](=O)[O-])cc4)cc3)cc2)cc1. The first kappa shape index (κ1) is 20.2. The van der Waals surface area contributed by atoms with Crippen molar-refractivity contribution in [2.75, 3.05) is 7.11 Å². The second kappa shape index (κ2) is 9.17. The quantitative estimate of drug-likeness (QED) is 0.262. The number of rotatable bonds is 7. The van der Waals surface area contributed by atoms with Crippen LogP contribution in [0.15, 0.2) is 97.6 Å². The van der Waals surface area contributed by atoms with E-state index in [1.165, 1.54) is 17.7 Å². The molecule has 0 saturated carbocycles. The van der Waals surface area contributed by atoms with Gasteiger partial charge in [-0.2, -0.15) is 0 Å². The van der Waals surface area contributed by atoms with Gasteiger partial charge in [-0.1, -0.05) is 0 Å². The first-order valence-corrected chi connectivity index (χ1v) is 9.95. The molecule has 4 aromatic rings. The van der Waals surface area contributed by atoms with Gasteiger partial charge in [-0.3, -0.25) is 10.1 Å². The molecule has 0 bridgehead atoms. The molecule has 0 amide bonds. The van der Waals surface area contributed by atoms with Crippen molar-refractivity contribution in [2.24, 2.45) is 0 Å². The Morgan fingerprint density at radius 2 is 1.13 bits per heavy atom. The lowest BCUT2D eigenvalue weighted by Crippen LogP contribution is -2.33. The number of benzene rings is 2. The van der Waals surface area contributed by atoms with Crippen LogP contribution < -0.4 is 13.9 Å². The fourth-order valence-corrected chi connectivity index (χ4v) is 3.39. The molecule has 0 radical (unpaired) electrons. The van der Waals surface area contributed by atoms with Crippen LogP contribution >= 0.6 is 0 Å². The smallest absolute Gasteiger partial charge is 0.269 e. The first-order chi connectivity index (χ1) is 15.1. The van der Waals surface area contributed by atoms with Gasteiger partial charge in [0.25, 0.3) is 5.69 Å². The average molecular weight is 413 g/mol. The van der Waals surface area contributed by atoms with Crippen LogP contribution in [-0.2, 0) is 13.1 Å². The molecule has 0 aliphatic carbocycles. The summed E-state index contributed by atoms with van der Waals surface area (Å²) in [7, 11) is 1.67. The van der Waals surface area contributed by atoms with Gasteiger partial charge >= 0.3 is 0 Å². The molecule has 0 spiro atoms. The molecule has 0 unspecified atom stereocenters. The predicted octanol–water partition coefficient (Wildman–Crippen LogP) is 3.94. The lowest BCUT2D eigenvalue weighted by molar-refractivity contribution is -0.688. The van der Waals surface area contributed by atoms with Gasteiger partial charge in [-0.25, -0.2) is 9.13 Å². The molecule has 0 fully saturated rings. The summed E-state index contributed by atoms with van der Waals surface area (Å²) in [5, 5.41) is 10.8. The maximum absolute atomic E-state index is 10.8. The summed E-state index contributed by atoms with van der Waals surface area (Å²) in [5.74, 6) is 0.860.